The third-order valence-electron chi connectivity index (χ3n) is 8.62. The number of benzene rings is 3. The van der Waals surface area contributed by atoms with Crippen molar-refractivity contribution < 1.29 is 18.3 Å². The van der Waals surface area contributed by atoms with E-state index in [-0.39, 0.29) is 11.6 Å². The van der Waals surface area contributed by atoms with Crippen molar-refractivity contribution in [1.82, 2.24) is 20.0 Å². The fourth-order valence-corrected chi connectivity index (χ4v) is 6.50. The summed E-state index contributed by atoms with van der Waals surface area (Å²) in [6, 6.07) is 26.0. The molecule has 4 atom stereocenters. The molecule has 4 fully saturated rings. The molecule has 4 aliphatic heterocycles. The summed E-state index contributed by atoms with van der Waals surface area (Å²) in [4.78, 5) is 7.56. The van der Waals surface area contributed by atoms with Gasteiger partial charge in [0, 0.05) is 70.0 Å². The van der Waals surface area contributed by atoms with E-state index in [2.05, 4.69) is 50.3 Å². The van der Waals surface area contributed by atoms with Crippen molar-refractivity contribution >= 4 is 0 Å². The van der Waals surface area contributed by atoms with Gasteiger partial charge in [-0.05, 0) is 41.0 Å². The van der Waals surface area contributed by atoms with Crippen molar-refractivity contribution in [1.29, 1.82) is 0 Å². The van der Waals surface area contributed by atoms with Gasteiger partial charge < -0.3 is 14.8 Å². The van der Waals surface area contributed by atoms with Crippen LogP contribution >= 0.6 is 0 Å². The minimum absolute atomic E-state index is 0.169. The molecule has 218 valence electrons. The van der Waals surface area contributed by atoms with Gasteiger partial charge in [-0.3, -0.25) is 14.7 Å². The molecule has 7 rings (SSSR count). The molecule has 4 bridgehead atoms. The minimum Gasteiger partial charge on any atom is -0.378 e. The second-order valence-corrected chi connectivity index (χ2v) is 11.6. The van der Waals surface area contributed by atoms with Gasteiger partial charge in [-0.1, -0.05) is 54.6 Å². The molecule has 4 aliphatic rings. The predicted molar refractivity (Wildman–Crippen MR) is 155 cm³/mol. The fraction of sp³-hybridized carbons (Fsp3) is 0.455. The van der Waals surface area contributed by atoms with Crippen LogP contribution in [0.2, 0.25) is 0 Å². The van der Waals surface area contributed by atoms with E-state index in [1.807, 2.05) is 24.3 Å². The summed E-state index contributed by atoms with van der Waals surface area (Å²) in [6.45, 7) is 9.92. The molecule has 41 heavy (non-hydrogen) atoms. The molecule has 0 aromatic heterocycles. The molecular weight excluding hydrogens is 522 g/mol. The number of hydrogen-bond donors (Lipinski definition) is 1. The van der Waals surface area contributed by atoms with E-state index >= 15 is 0 Å². The first-order valence-electron chi connectivity index (χ1n) is 14.7. The Kier molecular flexibility index (Phi) is 9.35. The van der Waals surface area contributed by atoms with Crippen LogP contribution in [0.5, 0.6) is 0 Å². The summed E-state index contributed by atoms with van der Waals surface area (Å²) in [6.07, 6.45) is 0. The van der Waals surface area contributed by atoms with Gasteiger partial charge in [0.15, 0.2) is 0 Å². The summed E-state index contributed by atoms with van der Waals surface area (Å²) in [5.41, 5.74) is 3.71. The zero-order valence-electron chi connectivity index (χ0n) is 23.5. The van der Waals surface area contributed by atoms with Gasteiger partial charge in [0.05, 0.1) is 26.4 Å². The number of hydrogen-bond acceptors (Lipinski definition) is 6. The molecule has 4 unspecified atom stereocenters. The van der Waals surface area contributed by atoms with Gasteiger partial charge in [0.25, 0.3) is 0 Å². The van der Waals surface area contributed by atoms with E-state index in [9.17, 15) is 8.78 Å². The number of morpholine rings is 2. The summed E-state index contributed by atoms with van der Waals surface area (Å²) in [5, 5.41) is 3.43. The standard InChI is InChI=1S/C20H23FN2O.C13H17FN2O/c21-18-8-6-17(7-9-18)11-23-19-12-22(13-20(23)15-24-14-19)10-16-4-2-1-3-5-16;14-11-3-1-10(2-4-11)7-16-12-5-15-6-13(16)9-17-8-12/h1-9,19-20H,10-15H2;1-4,12-13,15H,5-9H2. The molecule has 4 heterocycles. The van der Waals surface area contributed by atoms with Crippen LogP contribution in [0.4, 0.5) is 8.78 Å². The lowest BCUT2D eigenvalue weighted by Crippen LogP contribution is -2.63. The van der Waals surface area contributed by atoms with Crippen molar-refractivity contribution in [3.63, 3.8) is 0 Å². The second kappa shape index (κ2) is 13.5. The number of nitrogens with one attached hydrogen (secondary N) is 1. The molecule has 0 radical (unpaired) electrons. The average Bonchev–Trinajstić information content (AvgIpc) is 2.97. The van der Waals surface area contributed by atoms with E-state index < -0.39 is 0 Å². The third kappa shape index (κ3) is 7.38. The SMILES string of the molecule is Fc1ccc(CN2C3CNCC2COC3)cc1.Fc1ccc(CN2C3COCC2CN(Cc2ccccc2)C3)cc1. The van der Waals surface area contributed by atoms with Gasteiger partial charge in [0.2, 0.25) is 0 Å². The topological polar surface area (TPSA) is 40.2 Å². The molecule has 0 spiro atoms. The van der Waals surface area contributed by atoms with Crippen LogP contribution in [-0.4, -0.2) is 91.5 Å². The number of halogens is 2. The van der Waals surface area contributed by atoms with Crippen molar-refractivity contribution in [2.24, 2.45) is 0 Å². The Hall–Kier alpha value is -2.72. The molecule has 3 aromatic rings. The minimum atomic E-state index is -0.171. The maximum atomic E-state index is 13.1. The first kappa shape index (κ1) is 28.4. The Balaban J connectivity index is 0.000000156. The number of fused-ring (bicyclic) bond motifs is 4. The van der Waals surface area contributed by atoms with Crippen LogP contribution in [0.25, 0.3) is 0 Å². The quantitative estimate of drug-likeness (QED) is 0.492. The van der Waals surface area contributed by atoms with E-state index in [0.29, 0.717) is 24.2 Å². The summed E-state index contributed by atoms with van der Waals surface area (Å²) in [5.74, 6) is -0.340. The highest BCUT2D eigenvalue weighted by Gasteiger charge is 2.38. The molecule has 4 saturated heterocycles. The maximum absolute atomic E-state index is 13.1. The van der Waals surface area contributed by atoms with Crippen LogP contribution in [0.15, 0.2) is 78.9 Å². The van der Waals surface area contributed by atoms with E-state index in [1.165, 1.54) is 28.8 Å². The first-order chi connectivity index (χ1) is 20.1. The van der Waals surface area contributed by atoms with Crippen LogP contribution in [0.3, 0.4) is 0 Å². The van der Waals surface area contributed by atoms with Crippen molar-refractivity contribution in [2.45, 2.75) is 43.8 Å². The Labute approximate surface area is 241 Å². The Bertz CT molecular complexity index is 1190. The maximum Gasteiger partial charge on any atom is 0.123 e. The average molecular weight is 563 g/mol. The number of ether oxygens (including phenoxy) is 2. The van der Waals surface area contributed by atoms with Crippen LogP contribution in [0, 0.1) is 11.6 Å². The van der Waals surface area contributed by atoms with Gasteiger partial charge in [-0.15, -0.1) is 0 Å². The molecule has 6 nitrogen and oxygen atoms in total. The normalized spacial score (nSPS) is 26.7. The molecule has 0 saturated carbocycles. The monoisotopic (exact) mass is 562 g/mol. The van der Waals surface area contributed by atoms with Crippen molar-refractivity contribution in [2.75, 3.05) is 52.6 Å². The zero-order valence-corrected chi connectivity index (χ0v) is 23.5. The highest BCUT2D eigenvalue weighted by molar-refractivity contribution is 5.18. The smallest absolute Gasteiger partial charge is 0.123 e. The molecule has 0 aliphatic carbocycles. The predicted octanol–water partition coefficient (Wildman–Crippen LogP) is 3.91. The van der Waals surface area contributed by atoms with Crippen molar-refractivity contribution in [3.8, 4) is 0 Å². The molecule has 3 aromatic carbocycles. The lowest BCUT2D eigenvalue weighted by molar-refractivity contribution is -0.103. The molecule has 1 N–H and O–H groups in total. The van der Waals surface area contributed by atoms with E-state index in [4.69, 9.17) is 9.47 Å². The third-order valence-corrected chi connectivity index (χ3v) is 8.62. The highest BCUT2D eigenvalue weighted by atomic mass is 19.1. The largest absolute Gasteiger partial charge is 0.378 e. The van der Waals surface area contributed by atoms with Gasteiger partial charge in [0.1, 0.15) is 11.6 Å². The summed E-state index contributed by atoms with van der Waals surface area (Å²) in [7, 11) is 0. The molecule has 0 amide bonds. The second-order valence-electron chi connectivity index (χ2n) is 11.6. The summed E-state index contributed by atoms with van der Waals surface area (Å²) < 4.78 is 37.3. The number of nitrogens with zero attached hydrogens (tertiary/aromatic N) is 3. The van der Waals surface area contributed by atoms with Crippen molar-refractivity contribution in [3.05, 3.63) is 107 Å². The van der Waals surface area contributed by atoms with Crippen LogP contribution in [-0.2, 0) is 29.1 Å². The lowest BCUT2D eigenvalue weighted by Gasteiger charge is -2.50. The van der Waals surface area contributed by atoms with Crippen LogP contribution < -0.4 is 5.32 Å². The summed E-state index contributed by atoms with van der Waals surface area (Å²) >= 11 is 0. The van der Waals surface area contributed by atoms with Gasteiger partial charge in [-0.25, -0.2) is 8.78 Å². The Morgan fingerprint density at radius 3 is 1.51 bits per heavy atom. The van der Waals surface area contributed by atoms with Crippen LogP contribution in [0.1, 0.15) is 16.7 Å². The van der Waals surface area contributed by atoms with E-state index in [1.54, 1.807) is 12.1 Å². The molecular formula is C33H40F2N4O2. The highest BCUT2D eigenvalue weighted by Crippen LogP contribution is 2.25. The fourth-order valence-electron chi connectivity index (χ4n) is 6.50. The van der Waals surface area contributed by atoms with Gasteiger partial charge in [-0.2, -0.15) is 0 Å². The Morgan fingerprint density at radius 2 is 1.00 bits per heavy atom. The lowest BCUT2D eigenvalue weighted by atomic mass is 10.0. The Morgan fingerprint density at radius 1 is 0.561 bits per heavy atom. The van der Waals surface area contributed by atoms with E-state index in [0.717, 1.165) is 72.2 Å². The molecule has 8 heteroatoms. The first-order valence-corrected chi connectivity index (χ1v) is 14.7. The number of piperazine rings is 2. The zero-order chi connectivity index (χ0) is 28.0. The number of rotatable bonds is 6. The van der Waals surface area contributed by atoms with Gasteiger partial charge >= 0.3 is 0 Å².